The highest BCUT2D eigenvalue weighted by Crippen LogP contribution is 2.25. The van der Waals surface area contributed by atoms with Crippen LogP contribution in [0, 0.1) is 19.7 Å². The molecule has 1 atom stereocenters. The maximum atomic E-state index is 13.4. The van der Waals surface area contributed by atoms with Crippen LogP contribution in [-0.2, 0) is 16.1 Å². The van der Waals surface area contributed by atoms with Gasteiger partial charge in [-0.2, -0.15) is 0 Å². The van der Waals surface area contributed by atoms with E-state index in [0.717, 1.165) is 29.1 Å². The van der Waals surface area contributed by atoms with Crippen molar-refractivity contribution in [1.29, 1.82) is 0 Å². The van der Waals surface area contributed by atoms with Crippen LogP contribution in [0.3, 0.4) is 0 Å². The van der Waals surface area contributed by atoms with Gasteiger partial charge in [-0.15, -0.1) is 11.3 Å². The van der Waals surface area contributed by atoms with E-state index in [-0.39, 0.29) is 29.9 Å². The lowest BCUT2D eigenvalue weighted by Crippen LogP contribution is -2.44. The highest BCUT2D eigenvalue weighted by Gasteiger charge is 2.23. The van der Waals surface area contributed by atoms with Crippen LogP contribution in [0.2, 0.25) is 0 Å². The van der Waals surface area contributed by atoms with Gasteiger partial charge in [0.05, 0.1) is 31.0 Å². The van der Waals surface area contributed by atoms with Crippen molar-refractivity contribution in [2.75, 3.05) is 32.8 Å². The molecule has 1 amide bonds. The molecule has 2 aromatic heterocycles. The van der Waals surface area contributed by atoms with Gasteiger partial charge in [0.2, 0.25) is 5.91 Å². The Morgan fingerprint density at radius 3 is 2.68 bits per heavy atom. The second-order valence-corrected chi connectivity index (χ2v) is 8.86. The van der Waals surface area contributed by atoms with E-state index in [1.165, 1.54) is 34.4 Å². The summed E-state index contributed by atoms with van der Waals surface area (Å²) in [5, 5.41) is 3.52. The zero-order valence-corrected chi connectivity index (χ0v) is 18.4. The molecule has 0 radical (unpaired) electrons. The third-order valence-electron chi connectivity index (χ3n) is 5.70. The van der Waals surface area contributed by atoms with Crippen molar-refractivity contribution in [2.45, 2.75) is 26.4 Å². The predicted molar refractivity (Wildman–Crippen MR) is 118 cm³/mol. The van der Waals surface area contributed by atoms with Crippen LogP contribution >= 0.6 is 11.3 Å². The number of aromatic nitrogens is 2. The standard InChI is InChI=1S/C22H25FN4O3S/c1-14-15(2)31-21-20(14)22(29)27(13-25-21)12-19(28)24-11-18(26-7-9-30-10-8-26)16-3-5-17(23)6-4-16/h3-6,13,18H,7-12H2,1-2H3,(H,24,28)/t18-/m1/s1. The first kappa shape index (κ1) is 21.6. The Kier molecular flexibility index (Phi) is 6.45. The molecule has 9 heteroatoms. The SMILES string of the molecule is Cc1sc2ncn(CC(=O)NC[C@H](c3ccc(F)cc3)N3CCOCC3)c(=O)c2c1C. The van der Waals surface area contributed by atoms with Crippen molar-refractivity contribution < 1.29 is 13.9 Å². The van der Waals surface area contributed by atoms with Crippen molar-refractivity contribution in [3.05, 3.63) is 62.8 Å². The number of nitrogens with zero attached hydrogens (tertiary/aromatic N) is 3. The smallest absolute Gasteiger partial charge is 0.262 e. The Morgan fingerprint density at radius 1 is 1.26 bits per heavy atom. The molecule has 1 aliphatic heterocycles. The lowest BCUT2D eigenvalue weighted by atomic mass is 10.0. The summed E-state index contributed by atoms with van der Waals surface area (Å²) in [4.78, 5) is 33.8. The van der Waals surface area contributed by atoms with E-state index < -0.39 is 0 Å². The van der Waals surface area contributed by atoms with Gasteiger partial charge >= 0.3 is 0 Å². The molecule has 3 aromatic rings. The third-order valence-corrected chi connectivity index (χ3v) is 6.82. The summed E-state index contributed by atoms with van der Waals surface area (Å²) in [6.45, 7) is 6.80. The molecule has 0 unspecified atom stereocenters. The monoisotopic (exact) mass is 444 g/mol. The molecule has 0 aliphatic carbocycles. The van der Waals surface area contributed by atoms with Crippen molar-refractivity contribution >= 4 is 27.5 Å². The minimum atomic E-state index is -0.297. The fourth-order valence-corrected chi connectivity index (χ4v) is 4.82. The van der Waals surface area contributed by atoms with Crippen LogP contribution < -0.4 is 10.9 Å². The van der Waals surface area contributed by atoms with Crippen LogP contribution in [0.5, 0.6) is 0 Å². The molecule has 0 bridgehead atoms. The van der Waals surface area contributed by atoms with E-state index in [2.05, 4.69) is 15.2 Å². The second kappa shape index (κ2) is 9.25. The predicted octanol–water partition coefficient (Wildman–Crippen LogP) is 2.40. The number of thiophene rings is 1. The molecule has 1 aromatic carbocycles. The highest BCUT2D eigenvalue weighted by atomic mass is 32.1. The van der Waals surface area contributed by atoms with Crippen LogP contribution in [0.4, 0.5) is 4.39 Å². The lowest BCUT2D eigenvalue weighted by molar-refractivity contribution is -0.122. The van der Waals surface area contributed by atoms with Crippen molar-refractivity contribution in [3.8, 4) is 0 Å². The molecular weight excluding hydrogens is 419 g/mol. The summed E-state index contributed by atoms with van der Waals surface area (Å²) in [5.74, 6) is -0.567. The summed E-state index contributed by atoms with van der Waals surface area (Å²) in [7, 11) is 0. The van der Waals surface area contributed by atoms with Gasteiger partial charge in [0.15, 0.2) is 0 Å². The molecule has 1 aliphatic rings. The van der Waals surface area contributed by atoms with Crippen molar-refractivity contribution in [1.82, 2.24) is 19.8 Å². The molecule has 1 N–H and O–H groups in total. The molecule has 31 heavy (non-hydrogen) atoms. The number of ether oxygens (including phenoxy) is 1. The Bertz CT molecular complexity index is 1140. The number of benzene rings is 1. The number of morpholine rings is 1. The maximum Gasteiger partial charge on any atom is 0.262 e. The van der Waals surface area contributed by atoms with Gasteiger partial charge in [0, 0.05) is 24.5 Å². The zero-order chi connectivity index (χ0) is 22.0. The number of nitrogens with one attached hydrogen (secondary N) is 1. The molecule has 1 fully saturated rings. The van der Waals surface area contributed by atoms with E-state index in [1.54, 1.807) is 12.1 Å². The minimum absolute atomic E-state index is 0.102. The van der Waals surface area contributed by atoms with Crippen LogP contribution in [0.1, 0.15) is 22.0 Å². The largest absolute Gasteiger partial charge is 0.379 e. The number of halogens is 1. The molecular formula is C22H25FN4O3S. The molecule has 4 rings (SSSR count). The van der Waals surface area contributed by atoms with E-state index in [4.69, 9.17) is 4.74 Å². The first-order valence-corrected chi connectivity index (χ1v) is 11.0. The van der Waals surface area contributed by atoms with E-state index in [1.807, 2.05) is 13.8 Å². The number of amides is 1. The number of hydrogen-bond acceptors (Lipinski definition) is 6. The van der Waals surface area contributed by atoms with E-state index >= 15 is 0 Å². The maximum absolute atomic E-state index is 13.4. The van der Waals surface area contributed by atoms with Gasteiger partial charge < -0.3 is 10.1 Å². The first-order chi connectivity index (χ1) is 14.9. The topological polar surface area (TPSA) is 76.5 Å². The average molecular weight is 445 g/mol. The summed E-state index contributed by atoms with van der Waals surface area (Å²) in [6.07, 6.45) is 1.43. The fraction of sp³-hybridized carbons (Fsp3) is 0.409. The Balaban J connectivity index is 1.48. The second-order valence-electron chi connectivity index (χ2n) is 7.66. The van der Waals surface area contributed by atoms with Crippen molar-refractivity contribution in [2.24, 2.45) is 0 Å². The third kappa shape index (κ3) is 4.68. The molecule has 0 spiro atoms. The number of aryl methyl sites for hydroxylation is 2. The van der Waals surface area contributed by atoms with Crippen molar-refractivity contribution in [3.63, 3.8) is 0 Å². The molecule has 1 saturated heterocycles. The summed E-state index contributed by atoms with van der Waals surface area (Å²) < 4.78 is 20.2. The summed E-state index contributed by atoms with van der Waals surface area (Å²) >= 11 is 1.48. The van der Waals surface area contributed by atoms with E-state index in [0.29, 0.717) is 30.0 Å². The molecule has 7 nitrogen and oxygen atoms in total. The van der Waals surface area contributed by atoms with Gasteiger partial charge in [-0.25, -0.2) is 9.37 Å². The van der Waals surface area contributed by atoms with Crippen LogP contribution in [0.25, 0.3) is 10.2 Å². The Morgan fingerprint density at radius 2 is 1.97 bits per heavy atom. The van der Waals surface area contributed by atoms with Gasteiger partial charge in [-0.05, 0) is 37.1 Å². The van der Waals surface area contributed by atoms with Gasteiger partial charge in [0.25, 0.3) is 5.56 Å². The number of carbonyl (C=O) groups excluding carboxylic acids is 1. The van der Waals surface area contributed by atoms with Gasteiger partial charge in [0.1, 0.15) is 17.2 Å². The van der Waals surface area contributed by atoms with Gasteiger partial charge in [-0.3, -0.25) is 19.1 Å². The minimum Gasteiger partial charge on any atom is -0.379 e. The average Bonchev–Trinajstić information content (AvgIpc) is 3.06. The number of fused-ring (bicyclic) bond motifs is 1. The number of rotatable bonds is 6. The molecule has 164 valence electrons. The highest BCUT2D eigenvalue weighted by molar-refractivity contribution is 7.18. The normalized spacial score (nSPS) is 15.8. The first-order valence-electron chi connectivity index (χ1n) is 10.2. The van der Waals surface area contributed by atoms with Crippen LogP contribution in [-0.4, -0.2) is 53.2 Å². The number of hydrogen-bond donors (Lipinski definition) is 1. The lowest BCUT2D eigenvalue weighted by Gasteiger charge is -2.35. The molecule has 3 heterocycles. The molecule has 0 saturated carbocycles. The Labute approximate surface area is 183 Å². The Hall–Kier alpha value is -2.62. The van der Waals surface area contributed by atoms with Gasteiger partial charge in [-0.1, -0.05) is 12.1 Å². The number of carbonyl (C=O) groups is 1. The summed E-state index contributed by atoms with van der Waals surface area (Å²) in [6, 6.07) is 6.23. The van der Waals surface area contributed by atoms with E-state index in [9.17, 15) is 14.0 Å². The van der Waals surface area contributed by atoms with Crippen LogP contribution in [0.15, 0.2) is 35.4 Å². The quantitative estimate of drug-likeness (QED) is 0.632. The zero-order valence-electron chi connectivity index (χ0n) is 17.6. The summed E-state index contributed by atoms with van der Waals surface area (Å²) in [5.41, 5.74) is 1.63. The fourth-order valence-electron chi connectivity index (χ4n) is 3.84.